The SMILES string of the molecule is CCCCCCCCCC(=O)O[C@@H]1CC2CC[C@@]1(C)OC2(C)C. The van der Waals surface area contributed by atoms with Gasteiger partial charge in [-0.15, -0.1) is 0 Å². The van der Waals surface area contributed by atoms with Gasteiger partial charge in [0.1, 0.15) is 11.7 Å². The van der Waals surface area contributed by atoms with Crippen LogP contribution in [0.15, 0.2) is 0 Å². The van der Waals surface area contributed by atoms with Crippen LogP contribution >= 0.6 is 0 Å². The van der Waals surface area contributed by atoms with Gasteiger partial charge in [-0.05, 0) is 52.4 Å². The fraction of sp³-hybridized carbons (Fsp3) is 0.950. The molecule has 3 nitrogen and oxygen atoms in total. The molecule has 1 unspecified atom stereocenters. The monoisotopic (exact) mass is 324 g/mol. The van der Waals surface area contributed by atoms with E-state index >= 15 is 0 Å². The van der Waals surface area contributed by atoms with E-state index in [0.717, 1.165) is 25.7 Å². The lowest BCUT2D eigenvalue weighted by Gasteiger charge is -2.57. The standard InChI is InChI=1S/C20H36O3/c1-5-6-7-8-9-10-11-12-18(21)22-17-15-16-13-14-20(17,4)23-19(16,2)3/h16-17H,5-15H2,1-4H3/t16?,17-,20-/m1/s1. The van der Waals surface area contributed by atoms with Crippen LogP contribution in [0.2, 0.25) is 0 Å². The highest BCUT2D eigenvalue weighted by molar-refractivity contribution is 5.69. The van der Waals surface area contributed by atoms with Crippen molar-refractivity contribution in [1.82, 2.24) is 0 Å². The summed E-state index contributed by atoms with van der Waals surface area (Å²) in [5.74, 6) is 0.486. The molecule has 23 heavy (non-hydrogen) atoms. The van der Waals surface area contributed by atoms with Crippen LogP contribution < -0.4 is 0 Å². The van der Waals surface area contributed by atoms with E-state index in [1.807, 2.05) is 0 Å². The summed E-state index contributed by atoms with van der Waals surface area (Å²) in [6, 6.07) is 0. The summed E-state index contributed by atoms with van der Waals surface area (Å²) >= 11 is 0. The van der Waals surface area contributed by atoms with Gasteiger partial charge in [-0.3, -0.25) is 4.79 Å². The third-order valence-electron chi connectivity index (χ3n) is 5.91. The molecule has 0 N–H and O–H groups in total. The maximum atomic E-state index is 12.1. The molecule has 3 aliphatic rings. The van der Waals surface area contributed by atoms with E-state index in [-0.39, 0.29) is 23.3 Å². The molecule has 2 heterocycles. The van der Waals surface area contributed by atoms with E-state index in [0.29, 0.717) is 12.3 Å². The molecule has 0 amide bonds. The minimum Gasteiger partial charge on any atom is -0.459 e. The fourth-order valence-electron chi connectivity index (χ4n) is 4.30. The zero-order chi connectivity index (χ0) is 16.9. The van der Waals surface area contributed by atoms with Gasteiger partial charge in [0.15, 0.2) is 0 Å². The number of hydrogen-bond donors (Lipinski definition) is 0. The van der Waals surface area contributed by atoms with E-state index in [1.54, 1.807) is 0 Å². The number of fused-ring (bicyclic) bond motifs is 3. The van der Waals surface area contributed by atoms with Crippen LogP contribution in [0, 0.1) is 5.92 Å². The third kappa shape index (κ3) is 4.95. The van der Waals surface area contributed by atoms with Crippen molar-refractivity contribution < 1.29 is 14.3 Å². The average Bonchev–Trinajstić information content (AvgIpc) is 2.47. The average molecular weight is 325 g/mol. The number of carbonyl (C=O) groups excluding carboxylic acids is 1. The van der Waals surface area contributed by atoms with Gasteiger partial charge < -0.3 is 9.47 Å². The normalized spacial score (nSPS) is 32.0. The predicted molar refractivity (Wildman–Crippen MR) is 93.4 cm³/mol. The van der Waals surface area contributed by atoms with Gasteiger partial charge in [0.05, 0.1) is 5.60 Å². The number of ether oxygens (including phenoxy) is 2. The summed E-state index contributed by atoms with van der Waals surface area (Å²) in [7, 11) is 0. The zero-order valence-electron chi connectivity index (χ0n) is 15.7. The Bertz CT molecular complexity index is 390. The molecule has 1 saturated carbocycles. The Labute approximate surface area is 142 Å². The molecule has 2 aliphatic heterocycles. The minimum atomic E-state index is -0.284. The highest BCUT2D eigenvalue weighted by Gasteiger charge is 2.55. The van der Waals surface area contributed by atoms with Gasteiger partial charge in [-0.25, -0.2) is 0 Å². The van der Waals surface area contributed by atoms with Gasteiger partial charge in [0.25, 0.3) is 0 Å². The first-order valence-electron chi connectivity index (χ1n) is 9.77. The first kappa shape index (κ1) is 18.8. The van der Waals surface area contributed by atoms with E-state index < -0.39 is 0 Å². The summed E-state index contributed by atoms with van der Waals surface area (Å²) in [4.78, 5) is 12.1. The molecule has 3 atom stereocenters. The molecule has 0 aromatic carbocycles. The van der Waals surface area contributed by atoms with Crippen molar-refractivity contribution in [3.8, 4) is 0 Å². The molecule has 2 saturated heterocycles. The third-order valence-corrected chi connectivity index (χ3v) is 5.91. The molecule has 0 aromatic heterocycles. The van der Waals surface area contributed by atoms with E-state index in [2.05, 4.69) is 27.7 Å². The molecule has 2 bridgehead atoms. The van der Waals surface area contributed by atoms with Crippen molar-refractivity contribution >= 4 is 5.97 Å². The summed E-state index contributed by atoms with van der Waals surface area (Å²) in [6.45, 7) is 8.70. The highest BCUT2D eigenvalue weighted by atomic mass is 16.6. The highest BCUT2D eigenvalue weighted by Crippen LogP contribution is 2.50. The summed E-state index contributed by atoms with van der Waals surface area (Å²) in [5.41, 5.74) is -0.359. The lowest BCUT2D eigenvalue weighted by molar-refractivity contribution is -0.278. The van der Waals surface area contributed by atoms with Crippen molar-refractivity contribution in [2.45, 2.75) is 116 Å². The summed E-state index contributed by atoms with van der Waals surface area (Å²) in [6.07, 6.45) is 12.3. The van der Waals surface area contributed by atoms with Gasteiger partial charge in [0, 0.05) is 6.42 Å². The zero-order valence-corrected chi connectivity index (χ0v) is 15.7. The van der Waals surface area contributed by atoms with E-state index in [1.165, 1.54) is 38.5 Å². The lowest BCUT2D eigenvalue weighted by atomic mass is 9.67. The van der Waals surface area contributed by atoms with Gasteiger partial charge in [0.2, 0.25) is 0 Å². The molecule has 0 radical (unpaired) electrons. The second-order valence-electron chi connectivity index (χ2n) is 8.34. The van der Waals surface area contributed by atoms with Crippen LogP contribution in [0.5, 0.6) is 0 Å². The summed E-state index contributed by atoms with van der Waals surface area (Å²) in [5, 5.41) is 0. The molecule has 0 aromatic rings. The second-order valence-corrected chi connectivity index (χ2v) is 8.34. The number of carbonyl (C=O) groups is 1. The molecule has 3 rings (SSSR count). The maximum absolute atomic E-state index is 12.1. The number of esters is 1. The van der Waals surface area contributed by atoms with Crippen LogP contribution in [-0.4, -0.2) is 23.3 Å². The minimum absolute atomic E-state index is 0.0289. The number of hydrogen-bond acceptors (Lipinski definition) is 3. The van der Waals surface area contributed by atoms with Crippen LogP contribution in [0.3, 0.4) is 0 Å². The Morgan fingerprint density at radius 3 is 2.35 bits per heavy atom. The lowest BCUT2D eigenvalue weighted by Crippen LogP contribution is -2.62. The van der Waals surface area contributed by atoms with Gasteiger partial charge in [-0.1, -0.05) is 45.4 Å². The number of rotatable bonds is 9. The topological polar surface area (TPSA) is 35.5 Å². The molecule has 1 aliphatic carbocycles. The second kappa shape index (κ2) is 8.00. The predicted octanol–water partition coefficient (Wildman–Crippen LogP) is 5.41. The molecule has 3 heteroatoms. The number of unbranched alkanes of at least 4 members (excludes halogenated alkanes) is 6. The molecular formula is C20H36O3. The Hall–Kier alpha value is -0.570. The van der Waals surface area contributed by atoms with Crippen molar-refractivity contribution in [3.05, 3.63) is 0 Å². The first-order chi connectivity index (χ1) is 10.9. The van der Waals surface area contributed by atoms with Gasteiger partial charge in [-0.2, -0.15) is 0 Å². The van der Waals surface area contributed by atoms with Crippen LogP contribution in [0.4, 0.5) is 0 Å². The smallest absolute Gasteiger partial charge is 0.306 e. The van der Waals surface area contributed by atoms with Gasteiger partial charge >= 0.3 is 5.97 Å². The van der Waals surface area contributed by atoms with Crippen molar-refractivity contribution in [3.63, 3.8) is 0 Å². The molecule has 134 valence electrons. The van der Waals surface area contributed by atoms with Crippen LogP contribution in [-0.2, 0) is 14.3 Å². The molecule has 0 spiro atoms. The Kier molecular flexibility index (Phi) is 6.53. The Morgan fingerprint density at radius 2 is 1.74 bits per heavy atom. The van der Waals surface area contributed by atoms with Crippen molar-refractivity contribution in [2.75, 3.05) is 0 Å². The first-order valence-corrected chi connectivity index (χ1v) is 9.77. The molecule has 3 fully saturated rings. The Morgan fingerprint density at radius 1 is 1.09 bits per heavy atom. The van der Waals surface area contributed by atoms with Crippen molar-refractivity contribution in [1.29, 1.82) is 0 Å². The fourth-order valence-corrected chi connectivity index (χ4v) is 4.30. The van der Waals surface area contributed by atoms with Crippen molar-refractivity contribution in [2.24, 2.45) is 5.92 Å². The van der Waals surface area contributed by atoms with E-state index in [9.17, 15) is 4.79 Å². The van der Waals surface area contributed by atoms with Crippen LogP contribution in [0.25, 0.3) is 0 Å². The Balaban J connectivity index is 1.66. The summed E-state index contributed by atoms with van der Waals surface area (Å²) < 4.78 is 12.1. The quantitative estimate of drug-likeness (QED) is 0.420. The van der Waals surface area contributed by atoms with Crippen LogP contribution in [0.1, 0.15) is 98.3 Å². The van der Waals surface area contributed by atoms with E-state index in [4.69, 9.17) is 9.47 Å². The maximum Gasteiger partial charge on any atom is 0.306 e. The largest absolute Gasteiger partial charge is 0.459 e. The molecular weight excluding hydrogens is 288 g/mol.